The molecule has 0 spiro atoms. The molecule has 0 fully saturated rings. The van der Waals surface area contributed by atoms with Gasteiger partial charge in [-0.2, -0.15) is 0 Å². The van der Waals surface area contributed by atoms with Crippen LogP contribution >= 0.6 is 0 Å². The van der Waals surface area contributed by atoms with Gasteiger partial charge in [-0.25, -0.2) is 0 Å². The zero-order chi connectivity index (χ0) is 22.2. The first kappa shape index (κ1) is 22.3. The third-order valence-electron chi connectivity index (χ3n) is 5.02. The Labute approximate surface area is 182 Å². The number of hydrogen-bond donors (Lipinski definition) is 0. The van der Waals surface area contributed by atoms with Crippen molar-refractivity contribution in [2.75, 3.05) is 6.61 Å². The van der Waals surface area contributed by atoms with Gasteiger partial charge in [0.1, 0.15) is 18.1 Å². The van der Waals surface area contributed by atoms with E-state index in [1.807, 2.05) is 26.0 Å². The van der Waals surface area contributed by atoms with E-state index in [0.29, 0.717) is 17.9 Å². The van der Waals surface area contributed by atoms with Gasteiger partial charge in [-0.15, -0.1) is 0 Å². The summed E-state index contributed by atoms with van der Waals surface area (Å²) in [5, 5.41) is 3.91. The Bertz CT molecular complexity index is 1000. The van der Waals surface area contributed by atoms with E-state index in [1.165, 1.54) is 5.56 Å². The molecular formula is C25H27NO5. The summed E-state index contributed by atoms with van der Waals surface area (Å²) in [4.78, 5) is 24.3. The summed E-state index contributed by atoms with van der Waals surface area (Å²) in [5.41, 5.74) is 4.26. The van der Waals surface area contributed by atoms with Crippen LogP contribution in [0.5, 0.6) is 5.75 Å². The van der Waals surface area contributed by atoms with Gasteiger partial charge in [-0.3, -0.25) is 9.59 Å². The molecule has 6 heteroatoms. The van der Waals surface area contributed by atoms with Gasteiger partial charge in [0.05, 0.1) is 17.7 Å². The largest absolute Gasteiger partial charge is 0.489 e. The fraction of sp³-hybridized carbons (Fsp3) is 0.320. The van der Waals surface area contributed by atoms with E-state index < -0.39 is 5.97 Å². The van der Waals surface area contributed by atoms with E-state index in [1.54, 1.807) is 36.4 Å². The van der Waals surface area contributed by atoms with Crippen molar-refractivity contribution in [3.63, 3.8) is 0 Å². The maximum atomic E-state index is 12.2. The molecule has 6 nitrogen and oxygen atoms in total. The summed E-state index contributed by atoms with van der Waals surface area (Å²) in [7, 11) is 0. The van der Waals surface area contributed by atoms with Gasteiger partial charge < -0.3 is 14.0 Å². The third kappa shape index (κ3) is 6.28. The number of ketones is 1. The lowest BCUT2D eigenvalue weighted by Crippen LogP contribution is -2.15. The molecule has 1 heterocycles. The Morgan fingerprint density at radius 2 is 1.65 bits per heavy atom. The first-order chi connectivity index (χ1) is 15.0. The average molecular weight is 421 g/mol. The highest BCUT2D eigenvalue weighted by atomic mass is 16.5. The number of nitrogens with zero attached hydrogens (tertiary/aromatic N) is 1. The number of rotatable bonds is 10. The van der Waals surface area contributed by atoms with Crippen molar-refractivity contribution in [1.29, 1.82) is 0 Å². The molecule has 0 N–H and O–H groups in total. The normalized spacial score (nSPS) is 10.7. The Morgan fingerprint density at radius 1 is 0.968 bits per heavy atom. The molecule has 0 unspecified atom stereocenters. The van der Waals surface area contributed by atoms with Crippen LogP contribution in [0.3, 0.4) is 0 Å². The number of carbonyl (C=O) groups is 2. The van der Waals surface area contributed by atoms with Crippen molar-refractivity contribution in [2.24, 2.45) is 0 Å². The van der Waals surface area contributed by atoms with Gasteiger partial charge in [0.15, 0.2) is 12.4 Å². The first-order valence-electron chi connectivity index (χ1n) is 10.4. The second-order valence-corrected chi connectivity index (χ2v) is 7.44. The van der Waals surface area contributed by atoms with Crippen molar-refractivity contribution in [1.82, 2.24) is 5.16 Å². The lowest BCUT2D eigenvalue weighted by Gasteiger charge is -2.08. The minimum atomic E-state index is -0.444. The maximum Gasteiger partial charge on any atom is 0.310 e. The molecule has 0 atom stereocenters. The van der Waals surface area contributed by atoms with Gasteiger partial charge in [0.2, 0.25) is 0 Å². The molecule has 0 bridgehead atoms. The Balaban J connectivity index is 1.45. The summed E-state index contributed by atoms with van der Waals surface area (Å²) in [6, 6.07) is 14.6. The molecule has 31 heavy (non-hydrogen) atoms. The van der Waals surface area contributed by atoms with Crippen LogP contribution in [0.1, 0.15) is 51.8 Å². The molecular weight excluding hydrogens is 394 g/mol. The summed E-state index contributed by atoms with van der Waals surface area (Å²) in [6.07, 6.45) is 2.12. The number of Topliss-reactive ketones (excluding diaryl/α,β-unsaturated/α-hetero) is 1. The fourth-order valence-electron chi connectivity index (χ4n) is 3.16. The first-order valence-corrected chi connectivity index (χ1v) is 10.4. The van der Waals surface area contributed by atoms with E-state index >= 15 is 0 Å². The second kappa shape index (κ2) is 10.6. The van der Waals surface area contributed by atoms with Crippen LogP contribution in [-0.4, -0.2) is 23.5 Å². The van der Waals surface area contributed by atoms with Gasteiger partial charge in [0.25, 0.3) is 0 Å². The predicted molar refractivity (Wildman–Crippen MR) is 116 cm³/mol. The van der Waals surface area contributed by atoms with Crippen LogP contribution in [0.2, 0.25) is 0 Å². The van der Waals surface area contributed by atoms with Gasteiger partial charge in [-0.1, -0.05) is 54.9 Å². The van der Waals surface area contributed by atoms with Gasteiger partial charge >= 0.3 is 5.97 Å². The Morgan fingerprint density at radius 3 is 2.26 bits per heavy atom. The van der Waals surface area contributed by atoms with E-state index in [-0.39, 0.29) is 18.8 Å². The molecule has 3 aromatic rings. The smallest absolute Gasteiger partial charge is 0.310 e. The molecule has 162 valence electrons. The van der Waals surface area contributed by atoms with E-state index in [4.69, 9.17) is 14.0 Å². The molecule has 0 saturated heterocycles. The molecule has 0 aliphatic rings. The molecule has 2 aromatic carbocycles. The standard InChI is InChI=1S/C25H27NO5/c1-4-5-19-6-10-21(11-7-19)24(27)16-30-25(28)14-20-8-12-22(13-9-20)29-15-23-17(2)26-31-18(23)3/h6-13H,4-5,14-16H2,1-3H3. The van der Waals surface area contributed by atoms with Crippen LogP contribution in [0.15, 0.2) is 53.1 Å². The summed E-state index contributed by atoms with van der Waals surface area (Å²) < 4.78 is 16.0. The highest BCUT2D eigenvalue weighted by molar-refractivity contribution is 5.98. The quantitative estimate of drug-likeness (QED) is 0.346. The lowest BCUT2D eigenvalue weighted by atomic mass is 10.1. The summed E-state index contributed by atoms with van der Waals surface area (Å²) >= 11 is 0. The van der Waals surface area contributed by atoms with Crippen LogP contribution in [0.4, 0.5) is 0 Å². The SMILES string of the molecule is CCCc1ccc(C(=O)COC(=O)Cc2ccc(OCc3c(C)noc3C)cc2)cc1. The van der Waals surface area contributed by atoms with Gasteiger partial charge in [0, 0.05) is 5.56 Å². The Hall–Kier alpha value is -3.41. The molecule has 0 amide bonds. The number of ether oxygens (including phenoxy) is 2. The predicted octanol–water partition coefficient (Wildman–Crippen LogP) is 4.79. The highest BCUT2D eigenvalue weighted by Gasteiger charge is 2.12. The minimum absolute atomic E-state index is 0.0901. The number of esters is 1. The number of carbonyl (C=O) groups excluding carboxylic acids is 2. The molecule has 0 saturated carbocycles. The minimum Gasteiger partial charge on any atom is -0.489 e. The van der Waals surface area contributed by atoms with Crippen molar-refractivity contribution in [3.8, 4) is 5.75 Å². The molecule has 0 radical (unpaired) electrons. The number of hydrogen-bond acceptors (Lipinski definition) is 6. The fourth-order valence-corrected chi connectivity index (χ4v) is 3.16. The monoisotopic (exact) mass is 421 g/mol. The molecule has 1 aromatic heterocycles. The van der Waals surface area contributed by atoms with Crippen molar-refractivity contribution >= 4 is 11.8 Å². The van der Waals surface area contributed by atoms with Gasteiger partial charge in [-0.05, 0) is 43.5 Å². The van der Waals surface area contributed by atoms with Crippen molar-refractivity contribution in [2.45, 2.75) is 46.6 Å². The topological polar surface area (TPSA) is 78.6 Å². The van der Waals surface area contributed by atoms with E-state index in [9.17, 15) is 9.59 Å². The van der Waals surface area contributed by atoms with Crippen LogP contribution in [-0.2, 0) is 29.0 Å². The van der Waals surface area contributed by atoms with Crippen molar-refractivity contribution < 1.29 is 23.6 Å². The van der Waals surface area contributed by atoms with Crippen molar-refractivity contribution in [3.05, 3.63) is 82.2 Å². The molecule has 0 aliphatic carbocycles. The maximum absolute atomic E-state index is 12.2. The summed E-state index contributed by atoms with van der Waals surface area (Å²) in [6.45, 7) is 5.93. The average Bonchev–Trinajstić information content (AvgIpc) is 3.09. The summed E-state index contributed by atoms with van der Waals surface area (Å²) in [5.74, 6) is 0.766. The number of aryl methyl sites for hydroxylation is 3. The highest BCUT2D eigenvalue weighted by Crippen LogP contribution is 2.18. The number of aromatic nitrogens is 1. The molecule has 3 rings (SSSR count). The number of benzene rings is 2. The third-order valence-corrected chi connectivity index (χ3v) is 5.02. The second-order valence-electron chi connectivity index (χ2n) is 7.44. The Kier molecular flexibility index (Phi) is 7.60. The van der Waals surface area contributed by atoms with E-state index in [2.05, 4.69) is 12.1 Å². The zero-order valence-electron chi connectivity index (χ0n) is 18.1. The zero-order valence-corrected chi connectivity index (χ0v) is 18.1. The van der Waals surface area contributed by atoms with Crippen LogP contribution < -0.4 is 4.74 Å². The molecule has 0 aliphatic heterocycles. The van der Waals surface area contributed by atoms with Crippen LogP contribution in [0.25, 0.3) is 0 Å². The lowest BCUT2D eigenvalue weighted by molar-refractivity contribution is -0.141. The van der Waals surface area contributed by atoms with E-state index in [0.717, 1.165) is 35.4 Å². The van der Waals surface area contributed by atoms with Crippen LogP contribution in [0, 0.1) is 13.8 Å².